The van der Waals surface area contributed by atoms with Gasteiger partial charge in [0.15, 0.2) is 4.84 Å². The van der Waals surface area contributed by atoms with Gasteiger partial charge in [-0.2, -0.15) is 0 Å². The van der Waals surface area contributed by atoms with Gasteiger partial charge >= 0.3 is 7.12 Å². The summed E-state index contributed by atoms with van der Waals surface area (Å²) in [6.45, 7) is 0.160. The minimum absolute atomic E-state index is 0.0346. The fourth-order valence-corrected chi connectivity index (χ4v) is 2.92. The van der Waals surface area contributed by atoms with Gasteiger partial charge < -0.3 is 14.6 Å². The number of nitrogens with one attached hydrogen (secondary N) is 1. The Morgan fingerprint density at radius 3 is 2.44 bits per heavy atom. The zero-order chi connectivity index (χ0) is 19.4. The van der Waals surface area contributed by atoms with Crippen LogP contribution in [0.25, 0.3) is 0 Å². The number of nitrogens with zero attached hydrogens (tertiary/aromatic N) is 1. The van der Waals surface area contributed by atoms with Crippen LogP contribution in [0.4, 0.5) is 5.69 Å². The SMILES string of the molecule is O=C(N[C@@H]1COB(c2ccccc2)O[C@H]1c1ccc([N+](=O)[O-])cc1)C(Cl)Cl. The maximum Gasteiger partial charge on any atom is 0.494 e. The second kappa shape index (κ2) is 8.71. The summed E-state index contributed by atoms with van der Waals surface area (Å²) in [7, 11) is -0.637. The van der Waals surface area contributed by atoms with Gasteiger partial charge in [0.25, 0.3) is 11.6 Å². The molecule has 10 heteroatoms. The highest BCUT2D eigenvalue weighted by atomic mass is 35.5. The van der Waals surface area contributed by atoms with Crippen LogP contribution in [-0.2, 0) is 14.1 Å². The van der Waals surface area contributed by atoms with Gasteiger partial charge in [-0.3, -0.25) is 14.9 Å². The second-order valence-corrected chi connectivity index (χ2v) is 6.99. The van der Waals surface area contributed by atoms with Crippen molar-refractivity contribution in [3.05, 3.63) is 70.3 Å². The number of non-ortho nitro benzene ring substituents is 1. The number of rotatable bonds is 5. The number of hydrogen-bond donors (Lipinski definition) is 1. The lowest BCUT2D eigenvalue weighted by Crippen LogP contribution is -2.54. The lowest BCUT2D eigenvalue weighted by atomic mass is 9.76. The van der Waals surface area contributed by atoms with Crippen LogP contribution in [0.5, 0.6) is 0 Å². The first-order valence-electron chi connectivity index (χ1n) is 8.10. The third-order valence-corrected chi connectivity index (χ3v) is 4.49. The van der Waals surface area contributed by atoms with Crippen molar-refractivity contribution in [3.63, 3.8) is 0 Å². The van der Waals surface area contributed by atoms with E-state index in [-0.39, 0.29) is 12.3 Å². The number of halogens is 2. The van der Waals surface area contributed by atoms with Crippen LogP contribution in [0.2, 0.25) is 0 Å². The molecular weight excluding hydrogens is 394 g/mol. The van der Waals surface area contributed by atoms with Gasteiger partial charge in [-0.25, -0.2) is 0 Å². The van der Waals surface area contributed by atoms with E-state index >= 15 is 0 Å². The summed E-state index contributed by atoms with van der Waals surface area (Å²) in [6, 6.07) is 14.7. The van der Waals surface area contributed by atoms with Crippen LogP contribution >= 0.6 is 23.2 Å². The molecule has 0 aromatic heterocycles. The molecule has 2 aromatic carbocycles. The van der Waals surface area contributed by atoms with Gasteiger partial charge in [0.1, 0.15) is 0 Å². The number of alkyl halides is 2. The van der Waals surface area contributed by atoms with Crippen molar-refractivity contribution in [1.29, 1.82) is 0 Å². The molecule has 27 heavy (non-hydrogen) atoms. The van der Waals surface area contributed by atoms with E-state index in [0.29, 0.717) is 5.56 Å². The fraction of sp³-hybridized carbons (Fsp3) is 0.235. The van der Waals surface area contributed by atoms with Gasteiger partial charge in [-0.15, -0.1) is 0 Å². The number of hydrogen-bond acceptors (Lipinski definition) is 5. The summed E-state index contributed by atoms with van der Waals surface area (Å²) < 4.78 is 11.8. The van der Waals surface area contributed by atoms with Gasteiger partial charge in [0, 0.05) is 12.1 Å². The van der Waals surface area contributed by atoms with Crippen molar-refractivity contribution in [2.45, 2.75) is 17.0 Å². The van der Waals surface area contributed by atoms with E-state index in [1.165, 1.54) is 12.1 Å². The Labute approximate surface area is 165 Å². The number of benzene rings is 2. The van der Waals surface area contributed by atoms with Gasteiger partial charge in [-0.05, 0) is 23.2 Å². The molecule has 3 rings (SSSR count). The van der Waals surface area contributed by atoms with Crippen LogP contribution in [0.3, 0.4) is 0 Å². The first-order valence-corrected chi connectivity index (χ1v) is 8.98. The molecule has 1 fully saturated rings. The van der Waals surface area contributed by atoms with E-state index in [0.717, 1.165) is 5.46 Å². The van der Waals surface area contributed by atoms with Crippen molar-refractivity contribution in [2.75, 3.05) is 6.61 Å². The highest BCUT2D eigenvalue weighted by Crippen LogP contribution is 2.28. The number of nitro benzene ring substituents is 1. The van der Waals surface area contributed by atoms with Crippen LogP contribution in [-0.4, -0.2) is 35.4 Å². The molecule has 1 aliphatic heterocycles. The lowest BCUT2D eigenvalue weighted by Gasteiger charge is -2.36. The Bertz CT molecular complexity index is 807. The summed E-state index contributed by atoms with van der Waals surface area (Å²) in [4.78, 5) is 21.1. The Balaban J connectivity index is 1.86. The van der Waals surface area contributed by atoms with Gasteiger partial charge in [0.05, 0.1) is 23.7 Å². The standard InChI is InChI=1S/C17H15BCl2N2O5/c19-16(20)17(23)21-14-10-26-18(12-4-2-1-3-5-12)27-15(14)11-6-8-13(9-7-11)22(24)25/h1-9,14-16H,10H2,(H,21,23)/t14-,15+/m1/s1. The minimum Gasteiger partial charge on any atom is -0.405 e. The largest absolute Gasteiger partial charge is 0.494 e. The molecule has 0 unspecified atom stereocenters. The lowest BCUT2D eigenvalue weighted by molar-refractivity contribution is -0.384. The third-order valence-electron chi connectivity index (χ3n) is 4.09. The van der Waals surface area contributed by atoms with E-state index in [2.05, 4.69) is 5.32 Å². The summed E-state index contributed by atoms with van der Waals surface area (Å²) in [5.41, 5.74) is 1.45. The molecule has 140 valence electrons. The molecule has 1 heterocycles. The molecule has 0 radical (unpaired) electrons. The second-order valence-electron chi connectivity index (χ2n) is 5.90. The normalized spacial score (nSPS) is 19.7. The number of carbonyl (C=O) groups is 1. The number of carbonyl (C=O) groups excluding carboxylic acids is 1. The molecule has 0 spiro atoms. The zero-order valence-corrected chi connectivity index (χ0v) is 15.5. The molecule has 2 atom stereocenters. The zero-order valence-electron chi connectivity index (χ0n) is 14.0. The van der Waals surface area contributed by atoms with Gasteiger partial charge in [0.2, 0.25) is 0 Å². The Hall–Kier alpha value is -2.13. The highest BCUT2D eigenvalue weighted by molar-refractivity contribution is 6.61. The fourth-order valence-electron chi connectivity index (χ4n) is 2.79. The van der Waals surface area contributed by atoms with E-state index in [9.17, 15) is 14.9 Å². The smallest absolute Gasteiger partial charge is 0.405 e. The number of amides is 1. The molecule has 0 bridgehead atoms. The van der Waals surface area contributed by atoms with E-state index in [1.807, 2.05) is 30.3 Å². The maximum atomic E-state index is 11.9. The topological polar surface area (TPSA) is 90.7 Å². The minimum atomic E-state index is -1.23. The first-order chi connectivity index (χ1) is 13.0. The van der Waals surface area contributed by atoms with Crippen molar-refractivity contribution in [1.82, 2.24) is 5.32 Å². The molecule has 2 aromatic rings. The molecule has 0 saturated carbocycles. The monoisotopic (exact) mass is 408 g/mol. The predicted molar refractivity (Wildman–Crippen MR) is 102 cm³/mol. The van der Waals surface area contributed by atoms with E-state index in [4.69, 9.17) is 32.5 Å². The van der Waals surface area contributed by atoms with Crippen molar-refractivity contribution in [2.24, 2.45) is 0 Å². The summed E-state index contributed by atoms with van der Waals surface area (Å²) in [5, 5.41) is 13.6. The highest BCUT2D eigenvalue weighted by Gasteiger charge is 2.38. The molecule has 1 amide bonds. The summed E-state index contributed by atoms with van der Waals surface area (Å²) in [6.07, 6.45) is -0.596. The first kappa shape index (κ1) is 19.6. The predicted octanol–water partition coefficient (Wildman–Crippen LogP) is 2.37. The molecule has 1 aliphatic rings. The molecule has 1 N–H and O–H groups in total. The quantitative estimate of drug-likeness (QED) is 0.355. The number of nitro groups is 1. The van der Waals surface area contributed by atoms with Gasteiger partial charge in [-0.1, -0.05) is 53.5 Å². The van der Waals surface area contributed by atoms with E-state index in [1.54, 1.807) is 12.1 Å². The van der Waals surface area contributed by atoms with E-state index < -0.39 is 34.9 Å². The molecule has 1 saturated heterocycles. The van der Waals surface area contributed by atoms with Crippen LogP contribution in [0.15, 0.2) is 54.6 Å². The van der Waals surface area contributed by atoms with Crippen LogP contribution < -0.4 is 10.8 Å². The Morgan fingerprint density at radius 1 is 1.19 bits per heavy atom. The van der Waals surface area contributed by atoms with Crippen molar-refractivity contribution < 1.29 is 19.0 Å². The van der Waals surface area contributed by atoms with Crippen molar-refractivity contribution in [3.8, 4) is 0 Å². The van der Waals surface area contributed by atoms with Crippen molar-refractivity contribution >= 4 is 47.4 Å². The summed E-state index contributed by atoms with van der Waals surface area (Å²) in [5.74, 6) is -0.569. The third kappa shape index (κ3) is 4.78. The molecule has 7 nitrogen and oxygen atoms in total. The van der Waals surface area contributed by atoms with Crippen LogP contribution in [0, 0.1) is 10.1 Å². The molecular formula is C17H15BCl2N2O5. The summed E-state index contributed by atoms with van der Waals surface area (Å²) >= 11 is 11.2. The Kier molecular flexibility index (Phi) is 6.33. The maximum absolute atomic E-state index is 11.9. The molecule has 0 aliphatic carbocycles. The Morgan fingerprint density at radius 2 is 1.85 bits per heavy atom. The van der Waals surface area contributed by atoms with Crippen LogP contribution in [0.1, 0.15) is 11.7 Å². The average Bonchev–Trinajstić information content (AvgIpc) is 2.69. The average molecular weight is 409 g/mol.